The maximum absolute atomic E-state index is 14.4. The van der Waals surface area contributed by atoms with Gasteiger partial charge in [-0.3, -0.25) is 4.79 Å². The molecule has 1 aromatic carbocycles. The molecule has 1 aliphatic heterocycles. The fourth-order valence-electron chi connectivity index (χ4n) is 3.15. The Hall–Kier alpha value is -1.91. The van der Waals surface area contributed by atoms with Crippen molar-refractivity contribution in [3.05, 3.63) is 35.9 Å². The minimum atomic E-state index is -1.76. The maximum Gasteiger partial charge on any atom is 0.417 e. The molecule has 0 saturated carbocycles. The first kappa shape index (κ1) is 16.5. The van der Waals surface area contributed by atoms with E-state index in [4.69, 9.17) is 4.74 Å². The average molecular weight is 307 g/mol. The highest BCUT2D eigenvalue weighted by atomic mass is 19.1. The summed E-state index contributed by atoms with van der Waals surface area (Å²) in [5.74, 6) is -0.840. The molecule has 0 spiro atoms. The summed E-state index contributed by atoms with van der Waals surface area (Å²) in [6, 6.07) is 8.44. The minimum Gasteiger partial charge on any atom is -0.441 e. The zero-order chi connectivity index (χ0) is 16.5. The number of hydrogen-bond donors (Lipinski definition) is 0. The Labute approximate surface area is 130 Å². The molecule has 5 heteroatoms. The molecule has 1 aliphatic rings. The molecule has 2 unspecified atom stereocenters. The second kappa shape index (κ2) is 6.07. The molecule has 1 fully saturated rings. The number of rotatable bonds is 4. The van der Waals surface area contributed by atoms with Crippen LogP contribution >= 0.6 is 0 Å². The molecule has 0 radical (unpaired) electrons. The Morgan fingerprint density at radius 2 is 1.91 bits per heavy atom. The van der Waals surface area contributed by atoms with Crippen LogP contribution in [0.15, 0.2) is 30.3 Å². The van der Waals surface area contributed by atoms with Gasteiger partial charge in [-0.15, -0.1) is 0 Å². The van der Waals surface area contributed by atoms with Crippen LogP contribution in [-0.2, 0) is 16.0 Å². The number of cyclic esters (lactones) is 1. The van der Waals surface area contributed by atoms with Crippen LogP contribution in [0.4, 0.5) is 9.18 Å². The van der Waals surface area contributed by atoms with E-state index in [-0.39, 0.29) is 12.3 Å². The fourth-order valence-corrected chi connectivity index (χ4v) is 3.15. The van der Waals surface area contributed by atoms with Gasteiger partial charge < -0.3 is 4.74 Å². The summed E-state index contributed by atoms with van der Waals surface area (Å²) < 4.78 is 19.7. The van der Waals surface area contributed by atoms with Gasteiger partial charge in [0, 0.05) is 6.42 Å². The number of hydrogen-bond acceptors (Lipinski definition) is 3. The van der Waals surface area contributed by atoms with E-state index in [1.54, 1.807) is 38.1 Å². The first-order valence-electron chi connectivity index (χ1n) is 7.48. The molecule has 4 nitrogen and oxygen atoms in total. The quantitative estimate of drug-likeness (QED) is 0.857. The number of carbonyl (C=O) groups excluding carboxylic acids is 2. The third kappa shape index (κ3) is 3.13. The van der Waals surface area contributed by atoms with Crippen LogP contribution in [0.2, 0.25) is 0 Å². The second-order valence-electron chi connectivity index (χ2n) is 6.53. The summed E-state index contributed by atoms with van der Waals surface area (Å²) in [5, 5.41) is 0. The second-order valence-corrected chi connectivity index (χ2v) is 6.53. The smallest absolute Gasteiger partial charge is 0.417 e. The summed E-state index contributed by atoms with van der Waals surface area (Å²) >= 11 is 0. The molecule has 0 N–H and O–H groups in total. The van der Waals surface area contributed by atoms with Crippen molar-refractivity contribution < 1.29 is 18.7 Å². The van der Waals surface area contributed by atoms with E-state index in [2.05, 4.69) is 0 Å². The van der Waals surface area contributed by atoms with E-state index < -0.39 is 29.8 Å². The van der Waals surface area contributed by atoms with E-state index in [0.29, 0.717) is 0 Å². The van der Waals surface area contributed by atoms with Crippen LogP contribution in [0.3, 0.4) is 0 Å². The lowest BCUT2D eigenvalue weighted by molar-refractivity contribution is -0.135. The fraction of sp³-hybridized carbons (Fsp3) is 0.529. The number of alkyl halides is 1. The first-order chi connectivity index (χ1) is 10.2. The zero-order valence-corrected chi connectivity index (χ0v) is 13.4. The number of nitrogens with zero attached hydrogens (tertiary/aromatic N) is 1. The Balaban J connectivity index is 2.18. The highest BCUT2D eigenvalue weighted by Crippen LogP contribution is 2.34. The van der Waals surface area contributed by atoms with E-state index in [1.807, 2.05) is 19.9 Å². The summed E-state index contributed by atoms with van der Waals surface area (Å²) in [6.45, 7) is 7.26. The highest BCUT2D eigenvalue weighted by Gasteiger charge is 2.53. The molecule has 0 aromatic heterocycles. The van der Waals surface area contributed by atoms with Crippen molar-refractivity contribution in [3.8, 4) is 0 Å². The van der Waals surface area contributed by atoms with Crippen molar-refractivity contribution in [2.45, 2.75) is 51.9 Å². The van der Waals surface area contributed by atoms with Crippen molar-refractivity contribution in [1.82, 2.24) is 4.90 Å². The number of amides is 2. The third-order valence-electron chi connectivity index (χ3n) is 3.93. The number of ether oxygens (including phenoxy) is 1. The average Bonchev–Trinajstić information content (AvgIpc) is 2.68. The van der Waals surface area contributed by atoms with Crippen LogP contribution in [0, 0.1) is 5.92 Å². The zero-order valence-electron chi connectivity index (χ0n) is 13.4. The van der Waals surface area contributed by atoms with Gasteiger partial charge in [-0.25, -0.2) is 14.1 Å². The summed E-state index contributed by atoms with van der Waals surface area (Å²) in [5.41, 5.74) is -0.0934. The Bertz CT molecular complexity index is 556. The standard InChI is InChI=1S/C17H22FNO3/c1-11(2)14-17(3,4)22-16(21)19(14)15(20)13(18)10-12-8-6-5-7-9-12/h5-9,11,13-14H,10H2,1-4H3. The van der Waals surface area contributed by atoms with Gasteiger partial charge in [-0.05, 0) is 25.3 Å². The van der Waals surface area contributed by atoms with Crippen molar-refractivity contribution in [2.75, 3.05) is 0 Å². The largest absolute Gasteiger partial charge is 0.441 e. The van der Waals surface area contributed by atoms with E-state index >= 15 is 0 Å². The lowest BCUT2D eigenvalue weighted by Gasteiger charge is -2.31. The molecule has 2 amide bonds. The molecule has 0 aliphatic carbocycles. The molecule has 1 aromatic rings. The number of benzene rings is 1. The van der Waals surface area contributed by atoms with Gasteiger partial charge in [0.25, 0.3) is 5.91 Å². The van der Waals surface area contributed by atoms with Crippen molar-refractivity contribution in [3.63, 3.8) is 0 Å². The molecule has 2 atom stereocenters. The van der Waals surface area contributed by atoms with E-state index in [0.717, 1.165) is 10.5 Å². The topological polar surface area (TPSA) is 46.6 Å². The van der Waals surface area contributed by atoms with Crippen LogP contribution in [0.1, 0.15) is 33.3 Å². The molecular weight excluding hydrogens is 285 g/mol. The lowest BCUT2D eigenvalue weighted by Crippen LogP contribution is -2.50. The van der Waals surface area contributed by atoms with Gasteiger partial charge in [-0.2, -0.15) is 0 Å². The van der Waals surface area contributed by atoms with Crippen LogP contribution in [0.5, 0.6) is 0 Å². The molecule has 1 heterocycles. The third-order valence-corrected chi connectivity index (χ3v) is 3.93. The van der Waals surface area contributed by atoms with Gasteiger partial charge in [0.1, 0.15) is 5.60 Å². The van der Waals surface area contributed by atoms with Gasteiger partial charge in [0.2, 0.25) is 0 Å². The maximum atomic E-state index is 14.4. The predicted octanol–water partition coefficient (Wildman–Crippen LogP) is 3.35. The first-order valence-corrected chi connectivity index (χ1v) is 7.48. The van der Waals surface area contributed by atoms with Gasteiger partial charge >= 0.3 is 6.09 Å². The molecule has 2 rings (SSSR count). The predicted molar refractivity (Wildman–Crippen MR) is 81.1 cm³/mol. The summed E-state index contributed by atoms with van der Waals surface area (Å²) in [4.78, 5) is 25.4. The van der Waals surface area contributed by atoms with Crippen molar-refractivity contribution >= 4 is 12.0 Å². The van der Waals surface area contributed by atoms with Crippen molar-refractivity contribution in [1.29, 1.82) is 0 Å². The van der Waals surface area contributed by atoms with Crippen LogP contribution in [-0.4, -0.2) is 34.7 Å². The Morgan fingerprint density at radius 3 is 2.45 bits per heavy atom. The van der Waals surface area contributed by atoms with Crippen molar-refractivity contribution in [2.24, 2.45) is 5.92 Å². The summed E-state index contributed by atoms with van der Waals surface area (Å²) in [6.07, 6.45) is -2.57. The van der Waals surface area contributed by atoms with Crippen LogP contribution in [0.25, 0.3) is 0 Å². The molecular formula is C17H22FNO3. The monoisotopic (exact) mass is 307 g/mol. The van der Waals surface area contributed by atoms with Crippen LogP contribution < -0.4 is 0 Å². The minimum absolute atomic E-state index is 0.0191. The number of halogens is 1. The highest BCUT2D eigenvalue weighted by molar-refractivity contribution is 5.96. The molecule has 0 bridgehead atoms. The Morgan fingerprint density at radius 1 is 1.32 bits per heavy atom. The lowest BCUT2D eigenvalue weighted by atomic mass is 9.88. The van der Waals surface area contributed by atoms with E-state index in [1.165, 1.54) is 0 Å². The number of imide groups is 1. The Kier molecular flexibility index (Phi) is 4.54. The van der Waals surface area contributed by atoms with Gasteiger partial charge in [0.15, 0.2) is 6.17 Å². The molecule has 120 valence electrons. The normalized spacial score (nSPS) is 21.8. The molecule has 1 saturated heterocycles. The molecule has 22 heavy (non-hydrogen) atoms. The SMILES string of the molecule is CC(C)C1N(C(=O)C(F)Cc2ccccc2)C(=O)OC1(C)C. The van der Waals surface area contributed by atoms with Gasteiger partial charge in [0.05, 0.1) is 6.04 Å². The van der Waals surface area contributed by atoms with Gasteiger partial charge in [-0.1, -0.05) is 44.2 Å². The van der Waals surface area contributed by atoms with E-state index in [9.17, 15) is 14.0 Å². The summed E-state index contributed by atoms with van der Waals surface area (Å²) in [7, 11) is 0. The number of carbonyl (C=O) groups is 2.